The molecule has 1 aliphatic carbocycles. The normalized spacial score (nSPS) is 17.6. The van der Waals surface area contributed by atoms with Gasteiger partial charge in [-0.05, 0) is 20.8 Å². The summed E-state index contributed by atoms with van der Waals surface area (Å²) in [6.07, 6.45) is 1.95. The van der Waals surface area contributed by atoms with Crippen LogP contribution < -0.4 is 0 Å². The Bertz CT molecular complexity index is 502. The van der Waals surface area contributed by atoms with Crippen LogP contribution in [0, 0.1) is 5.92 Å². The molecule has 0 aromatic rings. The molecule has 1 unspecified atom stereocenters. The molecule has 104 valence electrons. The second-order valence-corrected chi connectivity index (χ2v) is 4.80. The molecule has 0 spiro atoms. The zero-order valence-corrected chi connectivity index (χ0v) is 12.3. The minimum Gasteiger partial charge on any atom is -0.489 e. The number of allylic oxidation sites excluding steroid dienone is 4. The van der Waals surface area contributed by atoms with Crippen molar-refractivity contribution in [3.63, 3.8) is 0 Å². The fourth-order valence-corrected chi connectivity index (χ4v) is 2.29. The highest BCUT2D eigenvalue weighted by atomic mass is 16.5. The van der Waals surface area contributed by atoms with E-state index >= 15 is 0 Å². The maximum absolute atomic E-state index is 12.4. The lowest BCUT2D eigenvalue weighted by Gasteiger charge is -2.22. The third kappa shape index (κ3) is 2.78. The highest BCUT2D eigenvalue weighted by molar-refractivity contribution is 6.23. The molecule has 0 saturated carbocycles. The number of hydrogen-bond donors (Lipinski definition) is 0. The molecule has 4 heteroatoms. The Morgan fingerprint density at radius 1 is 1.05 bits per heavy atom. The van der Waals surface area contributed by atoms with Crippen LogP contribution in [0.15, 0.2) is 34.3 Å². The third-order valence-electron chi connectivity index (χ3n) is 3.05. The van der Waals surface area contributed by atoms with Gasteiger partial charge in [0.05, 0.1) is 14.2 Å². The topological polar surface area (TPSA) is 52.6 Å². The average molecular weight is 264 g/mol. The van der Waals surface area contributed by atoms with Gasteiger partial charge in [0.2, 0.25) is 23.1 Å². The van der Waals surface area contributed by atoms with Crippen LogP contribution in [-0.2, 0) is 19.1 Å². The van der Waals surface area contributed by atoms with Crippen LogP contribution in [0.5, 0.6) is 0 Å². The molecule has 0 aromatic heterocycles. The van der Waals surface area contributed by atoms with E-state index in [4.69, 9.17) is 9.47 Å². The first-order valence-corrected chi connectivity index (χ1v) is 6.12. The van der Waals surface area contributed by atoms with Gasteiger partial charge in [0.1, 0.15) is 0 Å². The minimum atomic E-state index is -0.289. The van der Waals surface area contributed by atoms with E-state index in [1.54, 1.807) is 6.92 Å². The molecule has 0 fully saturated rings. The first-order chi connectivity index (χ1) is 8.84. The number of ketones is 2. The maximum atomic E-state index is 12.4. The van der Waals surface area contributed by atoms with E-state index in [1.165, 1.54) is 14.2 Å². The Balaban J connectivity index is 3.35. The monoisotopic (exact) mass is 264 g/mol. The van der Waals surface area contributed by atoms with E-state index in [0.29, 0.717) is 11.1 Å². The SMILES string of the molecule is COC1=C(OC)C(=O)C(C(C)C=C(C)C)=C(C)C1=O. The van der Waals surface area contributed by atoms with Crippen LogP contribution >= 0.6 is 0 Å². The molecule has 1 atom stereocenters. The van der Waals surface area contributed by atoms with Crippen molar-refractivity contribution in [2.75, 3.05) is 14.2 Å². The molecular weight excluding hydrogens is 244 g/mol. The molecule has 0 radical (unpaired) electrons. The summed E-state index contributed by atoms with van der Waals surface area (Å²) >= 11 is 0. The second-order valence-electron chi connectivity index (χ2n) is 4.80. The van der Waals surface area contributed by atoms with Crippen LogP contribution in [0.3, 0.4) is 0 Å². The smallest absolute Gasteiger partial charge is 0.228 e. The predicted molar refractivity (Wildman–Crippen MR) is 72.4 cm³/mol. The Morgan fingerprint density at radius 3 is 1.95 bits per heavy atom. The van der Waals surface area contributed by atoms with Gasteiger partial charge in [-0.25, -0.2) is 0 Å². The average Bonchev–Trinajstić information content (AvgIpc) is 2.32. The predicted octanol–water partition coefficient (Wildman–Crippen LogP) is 2.56. The number of Topliss-reactive ketones (excluding diaryl/α,β-unsaturated/α-hetero) is 2. The van der Waals surface area contributed by atoms with E-state index in [0.717, 1.165) is 5.57 Å². The summed E-state index contributed by atoms with van der Waals surface area (Å²) in [6, 6.07) is 0. The summed E-state index contributed by atoms with van der Waals surface area (Å²) in [4.78, 5) is 24.6. The first-order valence-electron chi connectivity index (χ1n) is 6.12. The fraction of sp³-hybridized carbons (Fsp3) is 0.467. The van der Waals surface area contributed by atoms with Crippen LogP contribution in [0.25, 0.3) is 0 Å². The van der Waals surface area contributed by atoms with Crippen LogP contribution in [-0.4, -0.2) is 25.8 Å². The first kappa shape index (κ1) is 15.2. The van der Waals surface area contributed by atoms with Crippen molar-refractivity contribution in [1.29, 1.82) is 0 Å². The lowest BCUT2D eigenvalue weighted by atomic mass is 9.84. The number of rotatable bonds is 4. The van der Waals surface area contributed by atoms with Crippen molar-refractivity contribution in [1.82, 2.24) is 0 Å². The molecule has 1 rings (SSSR count). The summed E-state index contributed by atoms with van der Waals surface area (Å²) in [5.74, 6) is -0.727. The zero-order valence-electron chi connectivity index (χ0n) is 12.3. The quantitative estimate of drug-likeness (QED) is 0.578. The number of carbonyl (C=O) groups excluding carboxylic acids is 2. The number of hydrogen-bond acceptors (Lipinski definition) is 4. The van der Waals surface area contributed by atoms with Gasteiger partial charge in [0.15, 0.2) is 0 Å². The highest BCUT2D eigenvalue weighted by Crippen LogP contribution is 2.30. The van der Waals surface area contributed by atoms with E-state index < -0.39 is 0 Å². The van der Waals surface area contributed by atoms with Crippen molar-refractivity contribution in [3.8, 4) is 0 Å². The number of methoxy groups -OCH3 is 2. The van der Waals surface area contributed by atoms with Crippen molar-refractivity contribution in [3.05, 3.63) is 34.3 Å². The Labute approximate surface area is 113 Å². The van der Waals surface area contributed by atoms with Crippen molar-refractivity contribution >= 4 is 11.6 Å². The molecule has 0 saturated heterocycles. The Morgan fingerprint density at radius 2 is 1.53 bits per heavy atom. The van der Waals surface area contributed by atoms with Crippen LogP contribution in [0.4, 0.5) is 0 Å². The molecule has 19 heavy (non-hydrogen) atoms. The van der Waals surface area contributed by atoms with Gasteiger partial charge < -0.3 is 9.47 Å². The number of ether oxygens (including phenoxy) is 2. The van der Waals surface area contributed by atoms with Gasteiger partial charge in [-0.3, -0.25) is 9.59 Å². The maximum Gasteiger partial charge on any atom is 0.228 e. The molecule has 0 heterocycles. The molecule has 0 N–H and O–H groups in total. The van der Waals surface area contributed by atoms with Gasteiger partial charge in [0.25, 0.3) is 0 Å². The van der Waals surface area contributed by atoms with E-state index in [9.17, 15) is 9.59 Å². The molecule has 0 amide bonds. The largest absolute Gasteiger partial charge is 0.489 e. The van der Waals surface area contributed by atoms with Crippen molar-refractivity contribution in [2.45, 2.75) is 27.7 Å². The van der Waals surface area contributed by atoms with Crippen LogP contribution in [0.1, 0.15) is 27.7 Å². The fourth-order valence-electron chi connectivity index (χ4n) is 2.29. The van der Waals surface area contributed by atoms with Crippen molar-refractivity contribution in [2.24, 2.45) is 5.92 Å². The van der Waals surface area contributed by atoms with Gasteiger partial charge in [-0.2, -0.15) is 0 Å². The lowest BCUT2D eigenvalue weighted by Crippen LogP contribution is -2.27. The molecular formula is C15H20O4. The highest BCUT2D eigenvalue weighted by Gasteiger charge is 2.36. The third-order valence-corrected chi connectivity index (χ3v) is 3.05. The Kier molecular flexibility index (Phi) is 4.70. The van der Waals surface area contributed by atoms with E-state index in [-0.39, 0.29) is 29.0 Å². The van der Waals surface area contributed by atoms with Gasteiger partial charge in [0, 0.05) is 17.1 Å². The lowest BCUT2D eigenvalue weighted by molar-refractivity contribution is -0.121. The standard InChI is InChI=1S/C15H20O4/c1-8(2)7-9(3)11-10(4)12(16)14(18-5)15(19-6)13(11)17/h7,9H,1-6H3. The minimum absolute atomic E-state index is 0.0119. The molecule has 0 aromatic carbocycles. The zero-order chi connectivity index (χ0) is 14.7. The summed E-state index contributed by atoms with van der Waals surface area (Å²) in [6.45, 7) is 7.45. The van der Waals surface area contributed by atoms with Gasteiger partial charge >= 0.3 is 0 Å². The van der Waals surface area contributed by atoms with Gasteiger partial charge in [-0.15, -0.1) is 0 Å². The molecule has 0 bridgehead atoms. The Hall–Kier alpha value is -1.84. The molecule has 0 aliphatic heterocycles. The van der Waals surface area contributed by atoms with Gasteiger partial charge in [-0.1, -0.05) is 18.6 Å². The molecule has 1 aliphatic rings. The van der Waals surface area contributed by atoms with Crippen molar-refractivity contribution < 1.29 is 19.1 Å². The summed E-state index contributed by atoms with van der Waals surface area (Å²) in [5, 5.41) is 0. The number of carbonyl (C=O) groups is 2. The summed E-state index contributed by atoms with van der Waals surface area (Å²) in [7, 11) is 2.72. The van der Waals surface area contributed by atoms with E-state index in [1.807, 2.05) is 26.8 Å². The summed E-state index contributed by atoms with van der Waals surface area (Å²) < 4.78 is 10.0. The van der Waals surface area contributed by atoms with Crippen LogP contribution in [0.2, 0.25) is 0 Å². The second kappa shape index (κ2) is 5.87. The summed E-state index contributed by atoms with van der Waals surface area (Å²) in [5.41, 5.74) is 1.99. The van der Waals surface area contributed by atoms with E-state index in [2.05, 4.69) is 0 Å². The molecule has 4 nitrogen and oxygen atoms in total.